The van der Waals surface area contributed by atoms with Crippen LogP contribution in [0.15, 0.2) is 49.2 Å². The molecule has 0 aliphatic heterocycles. The molecule has 2 heterocycles. The number of amides is 1. The molecule has 9 heteroatoms. The van der Waals surface area contributed by atoms with Crippen molar-refractivity contribution in [1.82, 2.24) is 24.8 Å². The smallest absolute Gasteiger partial charge is 0.271 e. The molecule has 0 fully saturated rings. The van der Waals surface area contributed by atoms with E-state index >= 15 is 0 Å². The van der Waals surface area contributed by atoms with E-state index in [-0.39, 0.29) is 11.5 Å². The van der Waals surface area contributed by atoms with Crippen molar-refractivity contribution in [3.8, 4) is 17.0 Å². The Morgan fingerprint density at radius 3 is 2.72 bits per heavy atom. The molecular weight excluding hydrogens is 370 g/mol. The lowest BCUT2D eigenvalue weighted by Crippen LogP contribution is -2.17. The fraction of sp³-hybridized carbons (Fsp3) is 0.250. The quantitative estimate of drug-likeness (QED) is 0.531. The van der Waals surface area contributed by atoms with Gasteiger partial charge in [0, 0.05) is 36.3 Å². The first kappa shape index (κ1) is 20.2. The largest absolute Gasteiger partial charge is 0.493 e. The zero-order chi connectivity index (χ0) is 20.6. The predicted octanol–water partition coefficient (Wildman–Crippen LogP) is 2.11. The molecule has 0 aliphatic carbocycles. The Balaban J connectivity index is 1.76. The van der Waals surface area contributed by atoms with Gasteiger partial charge >= 0.3 is 0 Å². The summed E-state index contributed by atoms with van der Waals surface area (Å²) < 4.78 is 5.78. The van der Waals surface area contributed by atoms with Crippen molar-refractivity contribution in [3.63, 3.8) is 0 Å². The summed E-state index contributed by atoms with van der Waals surface area (Å²) >= 11 is 0. The van der Waals surface area contributed by atoms with Crippen LogP contribution in [-0.4, -0.2) is 58.0 Å². The number of aromatic nitrogens is 4. The van der Waals surface area contributed by atoms with Crippen LogP contribution in [0.3, 0.4) is 0 Å². The Morgan fingerprint density at radius 2 is 2.00 bits per heavy atom. The molecule has 0 spiro atoms. The Hall–Kier alpha value is -3.59. The highest BCUT2D eigenvalue weighted by molar-refractivity contribution is 5.96. The van der Waals surface area contributed by atoms with E-state index in [4.69, 9.17) is 10.5 Å². The molecule has 1 amide bonds. The van der Waals surface area contributed by atoms with Crippen LogP contribution in [0.25, 0.3) is 11.3 Å². The highest BCUT2D eigenvalue weighted by atomic mass is 16.5. The summed E-state index contributed by atoms with van der Waals surface area (Å²) in [4.78, 5) is 30.6. The topological polar surface area (TPSA) is 119 Å². The fourth-order valence-corrected chi connectivity index (χ4v) is 2.59. The highest BCUT2D eigenvalue weighted by Gasteiger charge is 2.15. The maximum absolute atomic E-state index is 11.9. The number of anilines is 2. The molecule has 0 unspecified atom stereocenters. The number of nitrogens with two attached hydrogens (primary N) is 1. The number of ether oxygens (including phenoxy) is 1. The molecule has 150 valence electrons. The van der Waals surface area contributed by atoms with Crippen LogP contribution < -0.4 is 15.8 Å². The van der Waals surface area contributed by atoms with Gasteiger partial charge < -0.3 is 20.7 Å². The van der Waals surface area contributed by atoms with Crippen LogP contribution in [0.1, 0.15) is 16.9 Å². The van der Waals surface area contributed by atoms with Crippen LogP contribution in [0.4, 0.5) is 11.5 Å². The second-order valence-electron chi connectivity index (χ2n) is 6.60. The molecular formula is C20H23N7O2. The van der Waals surface area contributed by atoms with E-state index in [1.165, 1.54) is 12.5 Å². The van der Waals surface area contributed by atoms with Crippen LogP contribution in [-0.2, 0) is 0 Å². The van der Waals surface area contributed by atoms with Gasteiger partial charge in [0.2, 0.25) is 0 Å². The van der Waals surface area contributed by atoms with E-state index in [1.54, 1.807) is 12.4 Å². The first-order chi connectivity index (χ1) is 14.0. The number of carbonyl (C=O) groups is 1. The minimum atomic E-state index is -0.685. The lowest BCUT2D eigenvalue weighted by atomic mass is 10.2. The zero-order valence-corrected chi connectivity index (χ0v) is 16.4. The van der Waals surface area contributed by atoms with Gasteiger partial charge in [0.05, 0.1) is 18.5 Å². The van der Waals surface area contributed by atoms with E-state index < -0.39 is 5.91 Å². The molecule has 3 N–H and O–H groups in total. The molecule has 0 saturated carbocycles. The summed E-state index contributed by atoms with van der Waals surface area (Å²) in [7, 11) is 4.05. The summed E-state index contributed by atoms with van der Waals surface area (Å²) in [5.41, 5.74) is 7.35. The average Bonchev–Trinajstić information content (AvgIpc) is 2.72. The fourth-order valence-electron chi connectivity index (χ4n) is 2.59. The summed E-state index contributed by atoms with van der Waals surface area (Å²) in [6, 6.07) is 7.41. The number of rotatable bonds is 9. The number of hydrogen-bond donors (Lipinski definition) is 2. The standard InChI is InChI=1S/C20H23N7O2/c1-27(2)7-4-8-29-16-6-3-5-15(9-16)25-20-18(19(21)28)26-17(12-24-20)14-10-22-13-23-11-14/h3,5-6,9-13H,4,7-8H2,1-2H3,(H2,21,28)(H,24,25). The van der Waals surface area contributed by atoms with Crippen molar-refractivity contribution in [2.75, 3.05) is 32.6 Å². The Kier molecular flexibility index (Phi) is 6.64. The van der Waals surface area contributed by atoms with Crippen molar-refractivity contribution in [1.29, 1.82) is 0 Å². The first-order valence-electron chi connectivity index (χ1n) is 9.10. The number of benzene rings is 1. The molecule has 3 rings (SSSR count). The first-order valence-corrected chi connectivity index (χ1v) is 9.10. The second kappa shape index (κ2) is 9.56. The molecule has 0 bridgehead atoms. The lowest BCUT2D eigenvalue weighted by molar-refractivity contribution is 0.0996. The van der Waals surface area contributed by atoms with Gasteiger partial charge in [0.25, 0.3) is 5.91 Å². The molecule has 29 heavy (non-hydrogen) atoms. The summed E-state index contributed by atoms with van der Waals surface area (Å²) in [5.74, 6) is 0.304. The minimum absolute atomic E-state index is 0.0312. The Morgan fingerprint density at radius 1 is 1.21 bits per heavy atom. The summed E-state index contributed by atoms with van der Waals surface area (Å²) in [5, 5.41) is 3.09. The molecule has 9 nitrogen and oxygen atoms in total. The maximum atomic E-state index is 11.9. The third-order valence-corrected chi connectivity index (χ3v) is 3.98. The highest BCUT2D eigenvalue weighted by Crippen LogP contribution is 2.24. The third kappa shape index (κ3) is 5.69. The minimum Gasteiger partial charge on any atom is -0.493 e. The predicted molar refractivity (Wildman–Crippen MR) is 110 cm³/mol. The third-order valence-electron chi connectivity index (χ3n) is 3.98. The van der Waals surface area contributed by atoms with Gasteiger partial charge in [0.1, 0.15) is 12.1 Å². The Bertz CT molecular complexity index is 964. The second-order valence-corrected chi connectivity index (χ2v) is 6.60. The van der Waals surface area contributed by atoms with E-state index in [9.17, 15) is 4.79 Å². The summed E-state index contributed by atoms with van der Waals surface area (Å²) in [6.45, 7) is 1.57. The van der Waals surface area contributed by atoms with Crippen LogP contribution in [0.5, 0.6) is 5.75 Å². The lowest BCUT2D eigenvalue weighted by Gasteiger charge is -2.13. The van der Waals surface area contributed by atoms with Crippen LogP contribution in [0.2, 0.25) is 0 Å². The van der Waals surface area contributed by atoms with Gasteiger partial charge in [-0.05, 0) is 32.6 Å². The SMILES string of the molecule is CN(C)CCCOc1cccc(Nc2ncc(-c3cncnc3)nc2C(N)=O)c1. The molecule has 3 aromatic rings. The van der Waals surface area contributed by atoms with Crippen molar-refractivity contribution in [2.24, 2.45) is 5.73 Å². The maximum Gasteiger partial charge on any atom is 0.271 e. The van der Waals surface area contributed by atoms with Crippen molar-refractivity contribution in [2.45, 2.75) is 6.42 Å². The molecule has 2 aromatic heterocycles. The number of nitrogens with one attached hydrogen (secondary N) is 1. The molecule has 0 atom stereocenters. The van der Waals surface area contributed by atoms with Gasteiger partial charge in [-0.25, -0.2) is 19.9 Å². The monoisotopic (exact) mass is 393 g/mol. The average molecular weight is 393 g/mol. The van der Waals surface area contributed by atoms with Crippen LogP contribution >= 0.6 is 0 Å². The van der Waals surface area contributed by atoms with Crippen molar-refractivity contribution < 1.29 is 9.53 Å². The van der Waals surface area contributed by atoms with E-state index in [2.05, 4.69) is 30.2 Å². The number of primary amides is 1. The number of hydrogen-bond acceptors (Lipinski definition) is 8. The molecule has 0 aliphatic rings. The Labute approximate surface area is 169 Å². The zero-order valence-electron chi connectivity index (χ0n) is 16.4. The van der Waals surface area contributed by atoms with E-state index in [1.807, 2.05) is 38.4 Å². The van der Waals surface area contributed by atoms with E-state index in [0.717, 1.165) is 18.7 Å². The molecule has 0 radical (unpaired) electrons. The normalized spacial score (nSPS) is 10.7. The number of nitrogens with zero attached hydrogens (tertiary/aromatic N) is 5. The van der Waals surface area contributed by atoms with Crippen molar-refractivity contribution in [3.05, 3.63) is 54.9 Å². The van der Waals surface area contributed by atoms with Crippen LogP contribution in [0, 0.1) is 0 Å². The van der Waals surface area contributed by atoms with E-state index in [0.29, 0.717) is 23.6 Å². The van der Waals surface area contributed by atoms with Crippen molar-refractivity contribution >= 4 is 17.4 Å². The number of carbonyl (C=O) groups excluding carboxylic acids is 1. The van der Waals surface area contributed by atoms with Gasteiger partial charge in [-0.2, -0.15) is 0 Å². The summed E-state index contributed by atoms with van der Waals surface area (Å²) in [6.07, 6.45) is 7.05. The van der Waals surface area contributed by atoms with Gasteiger partial charge in [-0.1, -0.05) is 6.07 Å². The van der Waals surface area contributed by atoms with Gasteiger partial charge in [0.15, 0.2) is 11.5 Å². The van der Waals surface area contributed by atoms with Gasteiger partial charge in [-0.3, -0.25) is 4.79 Å². The van der Waals surface area contributed by atoms with Gasteiger partial charge in [-0.15, -0.1) is 0 Å². The molecule has 0 saturated heterocycles. The molecule has 1 aromatic carbocycles.